The summed E-state index contributed by atoms with van der Waals surface area (Å²) in [5.41, 5.74) is 0. The molecule has 56 valence electrons. The molecule has 2 N–H and O–H groups in total. The Balaban J connectivity index is 3.40. The third-order valence-electron chi connectivity index (χ3n) is 0.484. The SMILES string of the molecule is CN(C)COP(=O)(O)O. The van der Waals surface area contributed by atoms with Gasteiger partial charge in [-0.05, 0) is 14.1 Å². The predicted octanol–water partition coefficient (Wildman–Crippen LogP) is -0.385. The number of phosphoric ester groups is 1. The molecule has 9 heavy (non-hydrogen) atoms. The molecule has 6 heteroatoms. The van der Waals surface area contributed by atoms with Crippen LogP contribution in [0.1, 0.15) is 0 Å². The van der Waals surface area contributed by atoms with Crippen molar-refractivity contribution < 1.29 is 18.9 Å². The van der Waals surface area contributed by atoms with Crippen LogP contribution in [0, 0.1) is 0 Å². The molecule has 0 radical (unpaired) electrons. The van der Waals surface area contributed by atoms with E-state index in [9.17, 15) is 4.57 Å². The predicted molar refractivity (Wildman–Crippen MR) is 31.7 cm³/mol. The van der Waals surface area contributed by atoms with Crippen molar-refractivity contribution in [3.05, 3.63) is 0 Å². The molecule has 0 unspecified atom stereocenters. The molecule has 0 aliphatic carbocycles. The van der Waals surface area contributed by atoms with Crippen LogP contribution >= 0.6 is 7.82 Å². The molecule has 0 aromatic heterocycles. The van der Waals surface area contributed by atoms with E-state index in [0.717, 1.165) is 0 Å². The summed E-state index contributed by atoms with van der Waals surface area (Å²) in [7, 11) is -0.964. The number of phosphoric acid groups is 1. The molecule has 0 fully saturated rings. The van der Waals surface area contributed by atoms with Gasteiger partial charge in [-0.2, -0.15) is 0 Å². The fraction of sp³-hybridized carbons (Fsp3) is 1.00. The summed E-state index contributed by atoms with van der Waals surface area (Å²) in [6.07, 6.45) is 0. The first kappa shape index (κ1) is 9.07. The summed E-state index contributed by atoms with van der Waals surface area (Å²) in [5, 5.41) is 0. The van der Waals surface area contributed by atoms with Gasteiger partial charge in [0.1, 0.15) is 6.73 Å². The van der Waals surface area contributed by atoms with Gasteiger partial charge >= 0.3 is 7.82 Å². The van der Waals surface area contributed by atoms with E-state index in [2.05, 4.69) is 4.52 Å². The van der Waals surface area contributed by atoms with E-state index in [0.29, 0.717) is 0 Å². The smallest absolute Gasteiger partial charge is 0.303 e. The van der Waals surface area contributed by atoms with Crippen LogP contribution in [0.15, 0.2) is 0 Å². The lowest BCUT2D eigenvalue weighted by Gasteiger charge is -2.09. The highest BCUT2D eigenvalue weighted by Gasteiger charge is 2.12. The molecule has 0 spiro atoms. The van der Waals surface area contributed by atoms with Gasteiger partial charge in [0.25, 0.3) is 0 Å². The molecule has 0 saturated heterocycles. The van der Waals surface area contributed by atoms with Crippen LogP contribution in [-0.4, -0.2) is 35.5 Å². The number of rotatable bonds is 3. The quantitative estimate of drug-likeness (QED) is 0.429. The van der Waals surface area contributed by atoms with Crippen molar-refractivity contribution in [2.75, 3.05) is 20.8 Å². The first-order valence-electron chi connectivity index (χ1n) is 2.26. The Kier molecular flexibility index (Phi) is 3.32. The molecule has 0 saturated carbocycles. The second kappa shape index (κ2) is 3.29. The Morgan fingerprint density at radius 3 is 2.11 bits per heavy atom. The lowest BCUT2D eigenvalue weighted by Crippen LogP contribution is -2.14. The lowest BCUT2D eigenvalue weighted by atomic mass is 11.0. The summed E-state index contributed by atoms with van der Waals surface area (Å²) in [4.78, 5) is 17.8. The molecule has 0 rings (SSSR count). The van der Waals surface area contributed by atoms with Gasteiger partial charge in [0.15, 0.2) is 0 Å². The fourth-order valence-corrected chi connectivity index (χ4v) is 0.572. The van der Waals surface area contributed by atoms with Crippen molar-refractivity contribution in [1.82, 2.24) is 4.90 Å². The van der Waals surface area contributed by atoms with Crippen LogP contribution in [0.4, 0.5) is 0 Å². The average Bonchev–Trinajstić information content (AvgIpc) is 1.59. The summed E-state index contributed by atoms with van der Waals surface area (Å²) >= 11 is 0. The van der Waals surface area contributed by atoms with Crippen LogP contribution in [0.25, 0.3) is 0 Å². The largest absolute Gasteiger partial charge is 0.470 e. The van der Waals surface area contributed by atoms with Crippen molar-refractivity contribution in [3.8, 4) is 0 Å². The van der Waals surface area contributed by atoms with E-state index in [-0.39, 0.29) is 6.73 Å². The molecule has 5 nitrogen and oxygen atoms in total. The van der Waals surface area contributed by atoms with Crippen LogP contribution in [0.2, 0.25) is 0 Å². The maximum absolute atomic E-state index is 9.98. The molecule has 0 aromatic rings. The first-order chi connectivity index (χ1) is 3.92. The summed E-state index contributed by atoms with van der Waals surface area (Å²) < 4.78 is 14.1. The number of nitrogens with zero attached hydrogens (tertiary/aromatic N) is 1. The van der Waals surface area contributed by atoms with Crippen molar-refractivity contribution in [2.24, 2.45) is 0 Å². The molecule has 0 aliphatic heterocycles. The van der Waals surface area contributed by atoms with Gasteiger partial charge in [-0.1, -0.05) is 0 Å². The molecule has 0 aliphatic rings. The Labute approximate surface area is 53.5 Å². The highest BCUT2D eigenvalue weighted by atomic mass is 31.2. The number of hydrogen-bond acceptors (Lipinski definition) is 3. The highest BCUT2D eigenvalue weighted by Crippen LogP contribution is 2.35. The Bertz CT molecular complexity index is 119. The lowest BCUT2D eigenvalue weighted by molar-refractivity contribution is 0.126. The Morgan fingerprint density at radius 2 is 2.00 bits per heavy atom. The van der Waals surface area contributed by atoms with Crippen molar-refractivity contribution >= 4 is 7.82 Å². The zero-order chi connectivity index (χ0) is 7.49. The van der Waals surface area contributed by atoms with Crippen LogP contribution in [0.3, 0.4) is 0 Å². The van der Waals surface area contributed by atoms with Gasteiger partial charge in [0.05, 0.1) is 0 Å². The minimum Gasteiger partial charge on any atom is -0.303 e. The van der Waals surface area contributed by atoms with E-state index in [4.69, 9.17) is 9.79 Å². The zero-order valence-electron chi connectivity index (χ0n) is 5.31. The van der Waals surface area contributed by atoms with E-state index in [1.807, 2.05) is 0 Å². The molecular formula is C3H10NO4P. The summed E-state index contributed by atoms with van der Waals surface area (Å²) in [6, 6.07) is 0. The van der Waals surface area contributed by atoms with Gasteiger partial charge in [-0.15, -0.1) is 0 Å². The van der Waals surface area contributed by atoms with E-state index in [1.165, 1.54) is 4.90 Å². The average molecular weight is 155 g/mol. The Morgan fingerprint density at radius 1 is 1.56 bits per heavy atom. The summed E-state index contributed by atoms with van der Waals surface area (Å²) in [6.45, 7) is -0.0652. The monoisotopic (exact) mass is 155 g/mol. The topological polar surface area (TPSA) is 70.0 Å². The van der Waals surface area contributed by atoms with Gasteiger partial charge < -0.3 is 9.79 Å². The second-order valence-electron chi connectivity index (χ2n) is 1.83. The third kappa shape index (κ3) is 8.07. The molecule has 0 amide bonds. The van der Waals surface area contributed by atoms with E-state index >= 15 is 0 Å². The third-order valence-corrected chi connectivity index (χ3v) is 0.936. The molecule has 0 aromatic carbocycles. The Hall–Kier alpha value is 0.0700. The second-order valence-corrected chi connectivity index (χ2v) is 3.07. The van der Waals surface area contributed by atoms with Gasteiger partial charge in [-0.3, -0.25) is 9.42 Å². The molecule has 0 atom stereocenters. The molecule has 0 heterocycles. The minimum atomic E-state index is -4.26. The van der Waals surface area contributed by atoms with Crippen molar-refractivity contribution in [2.45, 2.75) is 0 Å². The van der Waals surface area contributed by atoms with Crippen LogP contribution in [-0.2, 0) is 9.09 Å². The highest BCUT2D eigenvalue weighted by molar-refractivity contribution is 7.46. The van der Waals surface area contributed by atoms with Crippen molar-refractivity contribution in [1.29, 1.82) is 0 Å². The maximum atomic E-state index is 9.98. The van der Waals surface area contributed by atoms with Crippen molar-refractivity contribution in [3.63, 3.8) is 0 Å². The first-order valence-corrected chi connectivity index (χ1v) is 3.79. The standard InChI is InChI=1S/C3H10NO4P/c1-4(2)3-8-9(5,6)7/h3H2,1-2H3,(H2,5,6,7). The maximum Gasteiger partial charge on any atom is 0.470 e. The van der Waals surface area contributed by atoms with Gasteiger partial charge in [0, 0.05) is 0 Å². The molecular weight excluding hydrogens is 145 g/mol. The van der Waals surface area contributed by atoms with Gasteiger partial charge in [-0.25, -0.2) is 4.57 Å². The minimum absolute atomic E-state index is 0.0652. The number of hydrogen-bond donors (Lipinski definition) is 2. The fourth-order valence-electron chi connectivity index (χ4n) is 0.191. The summed E-state index contributed by atoms with van der Waals surface area (Å²) in [5.74, 6) is 0. The van der Waals surface area contributed by atoms with Crippen LogP contribution < -0.4 is 0 Å². The normalized spacial score (nSPS) is 12.6. The molecule has 0 bridgehead atoms. The van der Waals surface area contributed by atoms with E-state index in [1.54, 1.807) is 14.1 Å². The van der Waals surface area contributed by atoms with E-state index < -0.39 is 7.82 Å². The van der Waals surface area contributed by atoms with Gasteiger partial charge in [0.2, 0.25) is 0 Å². The zero-order valence-corrected chi connectivity index (χ0v) is 6.21. The van der Waals surface area contributed by atoms with Crippen LogP contribution in [0.5, 0.6) is 0 Å².